The van der Waals surface area contributed by atoms with Crippen LogP contribution in [0.5, 0.6) is 0 Å². The Hall–Kier alpha value is -1.61. The van der Waals surface area contributed by atoms with Gasteiger partial charge >= 0.3 is 0 Å². The Morgan fingerprint density at radius 1 is 1.35 bits per heavy atom. The fraction of sp³-hybridized carbons (Fsp3) is 0.471. The standard InChI is InChI=1S/C17H22N2O/c1-12-6-5-9-14-15(11-19(2)17(12)14)16(20)10-18-13-7-3-4-8-13/h5-6,9,11,13,18H,3-4,7-8,10H2,1-2H3. The van der Waals surface area contributed by atoms with Gasteiger partial charge in [-0.2, -0.15) is 0 Å². The van der Waals surface area contributed by atoms with E-state index in [2.05, 4.69) is 22.9 Å². The molecule has 3 nitrogen and oxygen atoms in total. The largest absolute Gasteiger partial charge is 0.350 e. The first kappa shape index (κ1) is 13.4. The molecule has 3 rings (SSSR count). The highest BCUT2D eigenvalue weighted by molar-refractivity contribution is 6.09. The van der Waals surface area contributed by atoms with Gasteiger partial charge in [0.15, 0.2) is 5.78 Å². The average molecular weight is 270 g/mol. The first-order chi connectivity index (χ1) is 9.66. The van der Waals surface area contributed by atoms with E-state index in [9.17, 15) is 4.79 Å². The number of aryl methyl sites for hydroxylation is 2. The van der Waals surface area contributed by atoms with Crippen LogP contribution in [-0.2, 0) is 7.05 Å². The van der Waals surface area contributed by atoms with Crippen molar-refractivity contribution in [1.82, 2.24) is 9.88 Å². The Kier molecular flexibility index (Phi) is 3.62. The second-order valence-corrected chi connectivity index (χ2v) is 5.91. The predicted octanol–water partition coefficient (Wildman–Crippen LogP) is 3.20. The van der Waals surface area contributed by atoms with Crippen LogP contribution in [-0.4, -0.2) is 22.9 Å². The van der Waals surface area contributed by atoms with E-state index in [0.717, 1.165) is 16.5 Å². The molecule has 1 saturated carbocycles. The zero-order valence-corrected chi connectivity index (χ0v) is 12.3. The molecule has 1 aromatic heterocycles. The lowest BCUT2D eigenvalue weighted by Crippen LogP contribution is -2.31. The predicted molar refractivity (Wildman–Crippen MR) is 82.2 cm³/mol. The van der Waals surface area contributed by atoms with Crippen LogP contribution in [0.3, 0.4) is 0 Å². The Balaban J connectivity index is 1.82. The van der Waals surface area contributed by atoms with Crippen LogP contribution in [0.1, 0.15) is 41.6 Å². The third-order valence-electron chi connectivity index (χ3n) is 4.41. The number of fused-ring (bicyclic) bond motifs is 1. The van der Waals surface area contributed by atoms with Gasteiger partial charge in [0.05, 0.1) is 12.1 Å². The summed E-state index contributed by atoms with van der Waals surface area (Å²) in [7, 11) is 2.01. The number of Topliss-reactive ketones (excluding diaryl/α,β-unsaturated/α-hetero) is 1. The van der Waals surface area contributed by atoms with Gasteiger partial charge in [0.2, 0.25) is 0 Å². The zero-order valence-electron chi connectivity index (χ0n) is 12.3. The third kappa shape index (κ3) is 2.38. The lowest BCUT2D eigenvalue weighted by atomic mass is 10.1. The number of hydrogen-bond donors (Lipinski definition) is 1. The van der Waals surface area contributed by atoms with Gasteiger partial charge in [0, 0.05) is 30.2 Å². The number of carbonyl (C=O) groups is 1. The summed E-state index contributed by atoms with van der Waals surface area (Å²) >= 11 is 0. The Labute approximate surface area is 120 Å². The molecule has 1 aromatic carbocycles. The quantitative estimate of drug-likeness (QED) is 0.866. The molecule has 0 radical (unpaired) electrons. The Bertz CT molecular complexity index is 636. The van der Waals surface area contributed by atoms with Gasteiger partial charge in [-0.1, -0.05) is 31.0 Å². The smallest absolute Gasteiger partial charge is 0.178 e. The van der Waals surface area contributed by atoms with Crippen LogP contribution in [0.4, 0.5) is 0 Å². The molecule has 0 spiro atoms. The molecule has 1 aliphatic rings. The number of para-hydroxylation sites is 1. The molecule has 20 heavy (non-hydrogen) atoms. The molecule has 1 aliphatic carbocycles. The van der Waals surface area contributed by atoms with Gasteiger partial charge in [-0.3, -0.25) is 4.79 Å². The summed E-state index contributed by atoms with van der Waals surface area (Å²) in [6.07, 6.45) is 6.97. The second-order valence-electron chi connectivity index (χ2n) is 5.91. The highest BCUT2D eigenvalue weighted by atomic mass is 16.1. The highest BCUT2D eigenvalue weighted by Crippen LogP contribution is 2.24. The van der Waals surface area contributed by atoms with E-state index < -0.39 is 0 Å². The molecule has 3 heteroatoms. The number of aromatic nitrogens is 1. The van der Waals surface area contributed by atoms with Gasteiger partial charge in [-0.15, -0.1) is 0 Å². The van der Waals surface area contributed by atoms with Gasteiger partial charge in [0.25, 0.3) is 0 Å². The summed E-state index contributed by atoms with van der Waals surface area (Å²) in [6.45, 7) is 2.55. The van der Waals surface area contributed by atoms with Crippen LogP contribution in [0.15, 0.2) is 24.4 Å². The van der Waals surface area contributed by atoms with E-state index in [4.69, 9.17) is 0 Å². The first-order valence-electron chi connectivity index (χ1n) is 7.48. The van der Waals surface area contributed by atoms with Crippen molar-refractivity contribution in [2.75, 3.05) is 6.54 Å². The lowest BCUT2D eigenvalue weighted by molar-refractivity contribution is 0.0989. The SMILES string of the molecule is Cc1cccc2c(C(=O)CNC3CCCC3)cn(C)c12. The molecule has 1 fully saturated rings. The van der Waals surface area contributed by atoms with Crippen LogP contribution in [0.2, 0.25) is 0 Å². The Morgan fingerprint density at radius 2 is 2.10 bits per heavy atom. The summed E-state index contributed by atoms with van der Waals surface area (Å²) in [4.78, 5) is 12.5. The van der Waals surface area contributed by atoms with Crippen molar-refractivity contribution in [3.63, 3.8) is 0 Å². The van der Waals surface area contributed by atoms with E-state index in [-0.39, 0.29) is 5.78 Å². The van der Waals surface area contributed by atoms with E-state index in [0.29, 0.717) is 12.6 Å². The summed E-state index contributed by atoms with van der Waals surface area (Å²) < 4.78 is 2.06. The number of carbonyl (C=O) groups excluding carboxylic acids is 1. The minimum Gasteiger partial charge on any atom is -0.350 e. The molecule has 1 N–H and O–H groups in total. The van der Waals surface area contributed by atoms with Gasteiger partial charge in [-0.25, -0.2) is 0 Å². The molecule has 0 atom stereocenters. The zero-order chi connectivity index (χ0) is 14.1. The number of rotatable bonds is 4. The van der Waals surface area contributed by atoms with Crippen molar-refractivity contribution in [1.29, 1.82) is 0 Å². The van der Waals surface area contributed by atoms with Crippen molar-refractivity contribution in [2.45, 2.75) is 38.6 Å². The number of hydrogen-bond acceptors (Lipinski definition) is 2. The molecule has 2 aromatic rings. The average Bonchev–Trinajstić information content (AvgIpc) is 3.05. The first-order valence-corrected chi connectivity index (χ1v) is 7.48. The molecule has 0 amide bonds. The minimum absolute atomic E-state index is 0.202. The van der Waals surface area contributed by atoms with Crippen molar-refractivity contribution < 1.29 is 4.79 Å². The van der Waals surface area contributed by atoms with Crippen LogP contribution in [0.25, 0.3) is 10.9 Å². The lowest BCUT2D eigenvalue weighted by Gasteiger charge is -2.10. The second kappa shape index (κ2) is 5.41. The van der Waals surface area contributed by atoms with E-state index in [1.807, 2.05) is 25.4 Å². The summed E-state index contributed by atoms with van der Waals surface area (Å²) in [5.41, 5.74) is 3.22. The summed E-state index contributed by atoms with van der Waals surface area (Å²) in [6, 6.07) is 6.70. The van der Waals surface area contributed by atoms with Gasteiger partial charge < -0.3 is 9.88 Å². The Morgan fingerprint density at radius 3 is 2.85 bits per heavy atom. The molecule has 1 heterocycles. The summed E-state index contributed by atoms with van der Waals surface area (Å²) in [5.74, 6) is 0.202. The van der Waals surface area contributed by atoms with Crippen molar-refractivity contribution >= 4 is 16.7 Å². The van der Waals surface area contributed by atoms with Crippen molar-refractivity contribution in [3.05, 3.63) is 35.5 Å². The van der Waals surface area contributed by atoms with Crippen LogP contribution >= 0.6 is 0 Å². The fourth-order valence-corrected chi connectivity index (χ4v) is 3.36. The normalized spacial score (nSPS) is 16.1. The number of ketones is 1. The molecule has 106 valence electrons. The molecule has 0 bridgehead atoms. The van der Waals surface area contributed by atoms with Gasteiger partial charge in [-0.05, 0) is 25.3 Å². The topological polar surface area (TPSA) is 34.0 Å². The molecule has 0 unspecified atom stereocenters. The number of nitrogens with one attached hydrogen (secondary N) is 1. The van der Waals surface area contributed by atoms with E-state index >= 15 is 0 Å². The summed E-state index contributed by atoms with van der Waals surface area (Å²) in [5, 5.41) is 4.48. The maximum atomic E-state index is 12.5. The minimum atomic E-state index is 0.202. The van der Waals surface area contributed by atoms with Crippen molar-refractivity contribution in [3.8, 4) is 0 Å². The highest BCUT2D eigenvalue weighted by Gasteiger charge is 2.18. The molecular formula is C17H22N2O. The maximum Gasteiger partial charge on any atom is 0.178 e. The van der Waals surface area contributed by atoms with Crippen LogP contribution in [0, 0.1) is 6.92 Å². The van der Waals surface area contributed by atoms with Gasteiger partial charge in [0.1, 0.15) is 0 Å². The molecular weight excluding hydrogens is 248 g/mol. The molecule has 0 aliphatic heterocycles. The number of benzene rings is 1. The fourth-order valence-electron chi connectivity index (χ4n) is 3.36. The monoisotopic (exact) mass is 270 g/mol. The molecule has 0 saturated heterocycles. The third-order valence-corrected chi connectivity index (χ3v) is 4.41. The van der Waals surface area contributed by atoms with Crippen molar-refractivity contribution in [2.24, 2.45) is 7.05 Å². The van der Waals surface area contributed by atoms with E-state index in [1.165, 1.54) is 31.2 Å². The number of nitrogens with zero attached hydrogens (tertiary/aromatic N) is 1. The van der Waals surface area contributed by atoms with E-state index in [1.54, 1.807) is 0 Å². The maximum absolute atomic E-state index is 12.5. The van der Waals surface area contributed by atoms with Crippen LogP contribution < -0.4 is 5.32 Å².